The van der Waals surface area contributed by atoms with E-state index in [1.165, 1.54) is 19.2 Å². The second-order valence-corrected chi connectivity index (χ2v) is 5.30. The van der Waals surface area contributed by atoms with Crippen molar-refractivity contribution in [1.29, 1.82) is 0 Å². The number of aromatic nitrogens is 2. The maximum Gasteiger partial charge on any atom is 0.387 e. The van der Waals surface area contributed by atoms with Gasteiger partial charge in [0.05, 0.1) is 29.9 Å². The van der Waals surface area contributed by atoms with E-state index in [1.54, 1.807) is 6.07 Å². The van der Waals surface area contributed by atoms with Gasteiger partial charge in [-0.1, -0.05) is 6.08 Å². The maximum atomic E-state index is 12.4. The summed E-state index contributed by atoms with van der Waals surface area (Å²) in [6.45, 7) is 4.78. The molecule has 2 rings (SSSR count). The number of ether oxygens (including phenoxy) is 2. The molecule has 0 aliphatic heterocycles. The van der Waals surface area contributed by atoms with Crippen LogP contribution in [0.5, 0.6) is 11.5 Å². The third-order valence-corrected chi connectivity index (χ3v) is 3.70. The molecule has 0 aliphatic carbocycles. The molecule has 0 saturated carbocycles. The van der Waals surface area contributed by atoms with Gasteiger partial charge in [0.1, 0.15) is 11.5 Å². The molecule has 1 heterocycles. The molecular formula is C18H20F2N2O2. The molecule has 2 aromatic rings. The lowest BCUT2D eigenvalue weighted by molar-refractivity contribution is -0.0499. The van der Waals surface area contributed by atoms with Gasteiger partial charge in [-0.05, 0) is 45.4 Å². The highest BCUT2D eigenvalue weighted by Gasteiger charge is 2.16. The van der Waals surface area contributed by atoms with E-state index >= 15 is 0 Å². The molecule has 0 unspecified atom stereocenters. The molecule has 128 valence electrons. The molecule has 0 fully saturated rings. The monoisotopic (exact) mass is 334 g/mol. The minimum Gasteiger partial charge on any atom is -0.496 e. The Balaban J connectivity index is 2.59. The van der Waals surface area contributed by atoms with Crippen LogP contribution in [0.4, 0.5) is 8.78 Å². The van der Waals surface area contributed by atoms with Gasteiger partial charge in [0.2, 0.25) is 0 Å². The average Bonchev–Trinajstić information content (AvgIpc) is 2.54. The number of hydrogen-bond donors (Lipinski definition) is 0. The van der Waals surface area contributed by atoms with Crippen LogP contribution in [0.2, 0.25) is 0 Å². The van der Waals surface area contributed by atoms with E-state index in [4.69, 9.17) is 9.72 Å². The number of aryl methyl sites for hydroxylation is 2. The highest BCUT2D eigenvalue weighted by Crippen LogP contribution is 2.35. The van der Waals surface area contributed by atoms with Crippen LogP contribution in [-0.2, 0) is 0 Å². The van der Waals surface area contributed by atoms with E-state index in [0.717, 1.165) is 22.7 Å². The number of rotatable bonds is 5. The summed E-state index contributed by atoms with van der Waals surface area (Å²) in [6.07, 6.45) is 1.97. The first kappa shape index (κ1) is 17.8. The van der Waals surface area contributed by atoms with Gasteiger partial charge in [0.25, 0.3) is 0 Å². The fourth-order valence-electron chi connectivity index (χ4n) is 2.44. The van der Waals surface area contributed by atoms with Gasteiger partial charge >= 0.3 is 6.61 Å². The van der Waals surface area contributed by atoms with Crippen LogP contribution in [0, 0.1) is 13.8 Å². The highest BCUT2D eigenvalue weighted by atomic mass is 19.3. The van der Waals surface area contributed by atoms with E-state index < -0.39 is 6.61 Å². The van der Waals surface area contributed by atoms with Crippen molar-refractivity contribution in [3.8, 4) is 22.8 Å². The summed E-state index contributed by atoms with van der Waals surface area (Å²) in [5.41, 5.74) is 4.71. The van der Waals surface area contributed by atoms with Crippen molar-refractivity contribution in [2.24, 2.45) is 0 Å². The second kappa shape index (κ2) is 7.38. The standard InChI is InChI=1S/C18H20F2N2O2/c1-6-10(2)16-11(3)21-12(4)17(22-16)14-8-7-13(24-18(19)20)9-15(14)23-5/h6-9,18H,1-5H3/b10-6-. The van der Waals surface area contributed by atoms with Crippen molar-refractivity contribution >= 4 is 5.57 Å². The number of allylic oxidation sites excluding steroid dienone is 2. The fraction of sp³-hybridized carbons (Fsp3) is 0.333. The Morgan fingerprint density at radius 1 is 1.17 bits per heavy atom. The molecule has 0 radical (unpaired) electrons. The van der Waals surface area contributed by atoms with Crippen molar-refractivity contribution in [2.75, 3.05) is 7.11 Å². The van der Waals surface area contributed by atoms with Gasteiger partial charge in [0, 0.05) is 11.6 Å². The number of halogens is 2. The van der Waals surface area contributed by atoms with E-state index in [-0.39, 0.29) is 5.75 Å². The average molecular weight is 334 g/mol. The van der Waals surface area contributed by atoms with E-state index in [2.05, 4.69) is 9.72 Å². The molecule has 1 aromatic heterocycles. The molecule has 24 heavy (non-hydrogen) atoms. The highest BCUT2D eigenvalue weighted by molar-refractivity contribution is 5.73. The summed E-state index contributed by atoms with van der Waals surface area (Å²) < 4.78 is 34.5. The van der Waals surface area contributed by atoms with Gasteiger partial charge < -0.3 is 9.47 Å². The van der Waals surface area contributed by atoms with Crippen molar-refractivity contribution in [2.45, 2.75) is 34.3 Å². The van der Waals surface area contributed by atoms with Crippen molar-refractivity contribution < 1.29 is 18.3 Å². The Kier molecular flexibility index (Phi) is 5.49. The first-order valence-electron chi connectivity index (χ1n) is 7.49. The van der Waals surface area contributed by atoms with Crippen molar-refractivity contribution in [3.63, 3.8) is 0 Å². The molecular weight excluding hydrogens is 314 g/mol. The van der Waals surface area contributed by atoms with Crippen molar-refractivity contribution in [1.82, 2.24) is 9.97 Å². The van der Waals surface area contributed by atoms with E-state index in [9.17, 15) is 8.78 Å². The third-order valence-electron chi connectivity index (χ3n) is 3.70. The Bertz CT molecular complexity index is 774. The number of hydrogen-bond acceptors (Lipinski definition) is 4. The van der Waals surface area contributed by atoms with Crippen LogP contribution in [0.15, 0.2) is 24.3 Å². The maximum absolute atomic E-state index is 12.4. The number of nitrogens with zero attached hydrogens (tertiary/aromatic N) is 2. The topological polar surface area (TPSA) is 44.2 Å². The Hall–Kier alpha value is -2.50. The molecule has 0 atom stereocenters. The Morgan fingerprint density at radius 2 is 1.88 bits per heavy atom. The summed E-state index contributed by atoms with van der Waals surface area (Å²) in [6, 6.07) is 4.54. The molecule has 0 aliphatic rings. The normalized spacial score (nSPS) is 11.8. The van der Waals surface area contributed by atoms with E-state index in [0.29, 0.717) is 17.0 Å². The smallest absolute Gasteiger partial charge is 0.387 e. The summed E-state index contributed by atoms with van der Waals surface area (Å²) >= 11 is 0. The third kappa shape index (κ3) is 3.69. The number of methoxy groups -OCH3 is 1. The van der Waals surface area contributed by atoms with Gasteiger partial charge in [0.15, 0.2) is 0 Å². The predicted molar refractivity (Wildman–Crippen MR) is 89.5 cm³/mol. The summed E-state index contributed by atoms with van der Waals surface area (Å²) in [7, 11) is 1.47. The van der Waals surface area contributed by atoms with Crippen LogP contribution in [0.3, 0.4) is 0 Å². The molecule has 4 nitrogen and oxygen atoms in total. The largest absolute Gasteiger partial charge is 0.496 e. The zero-order valence-corrected chi connectivity index (χ0v) is 14.4. The van der Waals surface area contributed by atoms with Crippen LogP contribution >= 0.6 is 0 Å². The lowest BCUT2D eigenvalue weighted by Crippen LogP contribution is -2.04. The van der Waals surface area contributed by atoms with Crippen LogP contribution in [0.1, 0.15) is 30.9 Å². The molecule has 0 amide bonds. The summed E-state index contributed by atoms with van der Waals surface area (Å²) in [5.74, 6) is 0.437. The molecule has 0 N–H and O–H groups in total. The number of benzene rings is 1. The molecule has 0 spiro atoms. The summed E-state index contributed by atoms with van der Waals surface area (Å²) in [4.78, 5) is 9.27. The van der Waals surface area contributed by atoms with Gasteiger partial charge in [-0.25, -0.2) is 4.98 Å². The van der Waals surface area contributed by atoms with E-state index in [1.807, 2.05) is 33.8 Å². The van der Waals surface area contributed by atoms with Crippen LogP contribution < -0.4 is 9.47 Å². The summed E-state index contributed by atoms with van der Waals surface area (Å²) in [5, 5.41) is 0. The minimum absolute atomic E-state index is 0.0354. The second-order valence-electron chi connectivity index (χ2n) is 5.30. The van der Waals surface area contributed by atoms with Gasteiger partial charge in [-0.3, -0.25) is 4.98 Å². The molecule has 0 bridgehead atoms. The lowest BCUT2D eigenvalue weighted by Gasteiger charge is -2.14. The zero-order valence-electron chi connectivity index (χ0n) is 14.4. The lowest BCUT2D eigenvalue weighted by atomic mass is 10.1. The minimum atomic E-state index is -2.88. The predicted octanol–water partition coefficient (Wildman–Crippen LogP) is 4.79. The quantitative estimate of drug-likeness (QED) is 0.788. The molecule has 6 heteroatoms. The Morgan fingerprint density at radius 3 is 2.46 bits per heavy atom. The first-order valence-corrected chi connectivity index (χ1v) is 7.49. The van der Waals surface area contributed by atoms with Crippen LogP contribution in [-0.4, -0.2) is 23.7 Å². The van der Waals surface area contributed by atoms with Gasteiger partial charge in [-0.2, -0.15) is 8.78 Å². The van der Waals surface area contributed by atoms with Gasteiger partial charge in [-0.15, -0.1) is 0 Å². The molecule has 0 saturated heterocycles. The Labute approximate surface area is 140 Å². The molecule has 1 aromatic carbocycles. The SMILES string of the molecule is C/C=C(/C)c1nc(-c2ccc(OC(F)F)cc2OC)c(C)nc1C. The van der Waals surface area contributed by atoms with Crippen molar-refractivity contribution in [3.05, 3.63) is 41.4 Å². The number of alkyl halides is 2. The fourth-order valence-corrected chi connectivity index (χ4v) is 2.44. The first-order chi connectivity index (χ1) is 11.4. The zero-order chi connectivity index (χ0) is 17.9. The van der Waals surface area contributed by atoms with Crippen LogP contribution in [0.25, 0.3) is 16.8 Å².